The zero-order valence-corrected chi connectivity index (χ0v) is 16.1. The lowest BCUT2D eigenvalue weighted by Gasteiger charge is -2.15. The number of aromatic hydroxyl groups is 2. The van der Waals surface area contributed by atoms with Crippen molar-refractivity contribution in [3.05, 3.63) is 59.7 Å². The van der Waals surface area contributed by atoms with Crippen molar-refractivity contribution >= 4 is 5.97 Å². The van der Waals surface area contributed by atoms with Gasteiger partial charge in [-0.05, 0) is 68.0 Å². The molecule has 1 unspecified atom stereocenters. The van der Waals surface area contributed by atoms with Gasteiger partial charge in [-0.15, -0.1) is 0 Å². The number of carbonyl (C=O) groups excluding carboxylic acids is 1. The van der Waals surface area contributed by atoms with Gasteiger partial charge in [0, 0.05) is 0 Å². The number of rotatable bonds is 11. The quantitative estimate of drug-likeness (QED) is 0.431. The lowest BCUT2D eigenvalue weighted by molar-refractivity contribution is -0.148. The highest BCUT2D eigenvalue weighted by Crippen LogP contribution is 2.20. The summed E-state index contributed by atoms with van der Waals surface area (Å²) in [6, 6.07) is 14.4. The molecule has 0 aliphatic carbocycles. The Kier molecular flexibility index (Phi) is 8.69. The van der Waals surface area contributed by atoms with Crippen molar-refractivity contribution in [2.24, 2.45) is 5.92 Å². The first-order valence-corrected chi connectivity index (χ1v) is 9.81. The zero-order chi connectivity index (χ0) is 19.5. The van der Waals surface area contributed by atoms with Crippen LogP contribution in [0.25, 0.3) is 0 Å². The van der Waals surface area contributed by atoms with Gasteiger partial charge in [-0.1, -0.05) is 43.5 Å². The molecule has 146 valence electrons. The van der Waals surface area contributed by atoms with E-state index >= 15 is 0 Å². The fourth-order valence-electron chi connectivity index (χ4n) is 3.22. The van der Waals surface area contributed by atoms with E-state index < -0.39 is 0 Å². The number of phenolic OH excluding ortho intramolecular Hbond substituents is 2. The molecule has 0 saturated carbocycles. The van der Waals surface area contributed by atoms with Crippen LogP contribution in [0.3, 0.4) is 0 Å². The molecule has 0 fully saturated rings. The van der Waals surface area contributed by atoms with Gasteiger partial charge in [0.05, 0.1) is 12.5 Å². The topological polar surface area (TPSA) is 66.8 Å². The van der Waals surface area contributed by atoms with Crippen LogP contribution in [0.2, 0.25) is 0 Å². The Morgan fingerprint density at radius 1 is 0.852 bits per heavy atom. The molecule has 2 aromatic rings. The van der Waals surface area contributed by atoms with Gasteiger partial charge in [0.2, 0.25) is 0 Å². The highest BCUT2D eigenvalue weighted by atomic mass is 16.5. The van der Waals surface area contributed by atoms with Crippen LogP contribution in [0.5, 0.6) is 11.5 Å². The van der Waals surface area contributed by atoms with E-state index in [2.05, 4.69) is 0 Å². The number of unbranched alkanes of at least 4 members (excludes halogenated alkanes) is 3. The van der Waals surface area contributed by atoms with Crippen LogP contribution in [0, 0.1) is 5.92 Å². The molecule has 0 bridgehead atoms. The second-order valence-electron chi connectivity index (χ2n) is 6.94. The monoisotopic (exact) mass is 370 g/mol. The third-order valence-corrected chi connectivity index (χ3v) is 4.74. The van der Waals surface area contributed by atoms with E-state index in [-0.39, 0.29) is 17.6 Å². The molecule has 2 aromatic carbocycles. The minimum Gasteiger partial charge on any atom is -0.508 e. The Bertz CT molecular complexity index is 677. The Morgan fingerprint density at radius 3 is 2.00 bits per heavy atom. The zero-order valence-electron chi connectivity index (χ0n) is 16.1. The van der Waals surface area contributed by atoms with E-state index in [9.17, 15) is 15.0 Å². The van der Waals surface area contributed by atoms with Crippen LogP contribution in [0.4, 0.5) is 0 Å². The summed E-state index contributed by atoms with van der Waals surface area (Å²) in [6.07, 6.45) is 6.78. The number of ether oxygens (including phenoxy) is 1. The first-order valence-electron chi connectivity index (χ1n) is 9.81. The molecule has 0 spiro atoms. The first kappa shape index (κ1) is 20.8. The molecule has 2 rings (SSSR count). The molecule has 0 aliphatic rings. The summed E-state index contributed by atoms with van der Waals surface area (Å²) in [5.74, 6) is 0.277. The summed E-state index contributed by atoms with van der Waals surface area (Å²) >= 11 is 0. The van der Waals surface area contributed by atoms with Gasteiger partial charge in [0.25, 0.3) is 0 Å². The maximum Gasteiger partial charge on any atom is 0.309 e. The lowest BCUT2D eigenvalue weighted by Crippen LogP contribution is -2.20. The maximum absolute atomic E-state index is 12.3. The highest BCUT2D eigenvalue weighted by Gasteiger charge is 2.19. The largest absolute Gasteiger partial charge is 0.508 e. The van der Waals surface area contributed by atoms with Gasteiger partial charge in [0.1, 0.15) is 11.5 Å². The Morgan fingerprint density at radius 2 is 1.41 bits per heavy atom. The Labute approximate surface area is 161 Å². The second-order valence-corrected chi connectivity index (χ2v) is 6.94. The van der Waals surface area contributed by atoms with E-state index in [0.717, 1.165) is 44.1 Å². The van der Waals surface area contributed by atoms with Crippen LogP contribution >= 0.6 is 0 Å². The average Bonchev–Trinajstić information content (AvgIpc) is 2.66. The van der Waals surface area contributed by atoms with E-state index in [1.54, 1.807) is 24.3 Å². The van der Waals surface area contributed by atoms with E-state index in [1.807, 2.05) is 31.2 Å². The number of hydrogen-bond acceptors (Lipinski definition) is 4. The van der Waals surface area contributed by atoms with Crippen LogP contribution in [-0.4, -0.2) is 22.8 Å². The van der Waals surface area contributed by atoms with Crippen molar-refractivity contribution in [1.29, 1.82) is 0 Å². The van der Waals surface area contributed by atoms with Gasteiger partial charge < -0.3 is 14.9 Å². The van der Waals surface area contributed by atoms with Gasteiger partial charge in [-0.2, -0.15) is 0 Å². The number of esters is 1. The molecule has 27 heavy (non-hydrogen) atoms. The average molecular weight is 370 g/mol. The van der Waals surface area contributed by atoms with Crippen molar-refractivity contribution in [2.75, 3.05) is 6.61 Å². The normalized spacial score (nSPS) is 11.9. The molecule has 0 heterocycles. The number of phenols is 2. The highest BCUT2D eigenvalue weighted by molar-refractivity contribution is 5.72. The fraction of sp³-hybridized carbons (Fsp3) is 0.435. The van der Waals surface area contributed by atoms with Gasteiger partial charge >= 0.3 is 5.97 Å². The molecule has 0 saturated heterocycles. The molecule has 2 N–H and O–H groups in total. The summed E-state index contributed by atoms with van der Waals surface area (Å²) < 4.78 is 5.24. The van der Waals surface area contributed by atoms with Crippen LogP contribution in [-0.2, 0) is 22.4 Å². The molecule has 4 nitrogen and oxygen atoms in total. The molecule has 0 amide bonds. The van der Waals surface area contributed by atoms with E-state index in [4.69, 9.17) is 4.74 Å². The Balaban J connectivity index is 1.73. The summed E-state index contributed by atoms with van der Waals surface area (Å²) in [4.78, 5) is 12.3. The van der Waals surface area contributed by atoms with Crippen molar-refractivity contribution in [2.45, 2.75) is 51.9 Å². The number of aryl methyl sites for hydroxylation is 1. The smallest absolute Gasteiger partial charge is 0.309 e. The van der Waals surface area contributed by atoms with Crippen molar-refractivity contribution in [3.8, 4) is 11.5 Å². The van der Waals surface area contributed by atoms with Crippen LogP contribution < -0.4 is 0 Å². The summed E-state index contributed by atoms with van der Waals surface area (Å²) in [5, 5.41) is 18.7. The van der Waals surface area contributed by atoms with Gasteiger partial charge in [-0.3, -0.25) is 4.79 Å². The van der Waals surface area contributed by atoms with Crippen molar-refractivity contribution < 1.29 is 19.7 Å². The fourth-order valence-corrected chi connectivity index (χ4v) is 3.22. The van der Waals surface area contributed by atoms with Gasteiger partial charge in [0.15, 0.2) is 0 Å². The minimum absolute atomic E-state index is 0.130. The number of benzene rings is 2. The summed E-state index contributed by atoms with van der Waals surface area (Å²) in [6.45, 7) is 2.23. The third-order valence-electron chi connectivity index (χ3n) is 4.74. The molecule has 0 radical (unpaired) electrons. The van der Waals surface area contributed by atoms with E-state index in [0.29, 0.717) is 18.8 Å². The lowest BCUT2D eigenvalue weighted by atomic mass is 9.93. The maximum atomic E-state index is 12.3. The first-order chi connectivity index (χ1) is 13.1. The van der Waals surface area contributed by atoms with Crippen molar-refractivity contribution in [1.82, 2.24) is 0 Å². The van der Waals surface area contributed by atoms with Crippen molar-refractivity contribution in [3.63, 3.8) is 0 Å². The molecule has 0 aliphatic heterocycles. The summed E-state index contributed by atoms with van der Waals surface area (Å²) in [5.41, 5.74) is 2.28. The number of hydrogen-bond donors (Lipinski definition) is 2. The SMILES string of the molecule is CCOC(=O)C(CCCCCCc1ccc(O)cc1)Cc1ccc(O)cc1. The van der Waals surface area contributed by atoms with Crippen LogP contribution in [0.15, 0.2) is 48.5 Å². The standard InChI is InChI=1S/C23H30O4/c1-2-27-23(26)20(17-19-11-15-22(25)16-12-19)8-6-4-3-5-7-18-9-13-21(24)14-10-18/h9-16,20,24-25H,2-8,17H2,1H3. The summed E-state index contributed by atoms with van der Waals surface area (Å²) in [7, 11) is 0. The molecule has 1 atom stereocenters. The molecular formula is C23H30O4. The number of carbonyl (C=O) groups is 1. The molecule has 0 aromatic heterocycles. The van der Waals surface area contributed by atoms with Crippen LogP contribution in [0.1, 0.15) is 50.2 Å². The van der Waals surface area contributed by atoms with Gasteiger partial charge in [-0.25, -0.2) is 0 Å². The predicted octanol–water partition coefficient (Wildman–Crippen LogP) is 5.01. The molecular weight excluding hydrogens is 340 g/mol. The predicted molar refractivity (Wildman–Crippen MR) is 107 cm³/mol. The second kappa shape index (κ2) is 11.3. The van der Waals surface area contributed by atoms with E-state index in [1.165, 1.54) is 5.56 Å². The Hall–Kier alpha value is -2.49. The third kappa shape index (κ3) is 7.73. The minimum atomic E-state index is -0.133. The molecule has 4 heteroatoms.